The van der Waals surface area contributed by atoms with E-state index in [4.69, 9.17) is 0 Å². The number of rotatable bonds is 3. The number of H-pyrrole nitrogens is 1. The zero-order valence-electron chi connectivity index (χ0n) is 17.4. The fourth-order valence-corrected chi connectivity index (χ4v) is 4.11. The molecule has 0 unspecified atom stereocenters. The molecule has 4 aromatic rings. The summed E-state index contributed by atoms with van der Waals surface area (Å²) in [6.07, 6.45) is 3.98. The topological polar surface area (TPSA) is 78.1 Å². The third-order valence-electron chi connectivity index (χ3n) is 5.97. The highest BCUT2D eigenvalue weighted by Crippen LogP contribution is 2.32. The van der Waals surface area contributed by atoms with Gasteiger partial charge in [0.15, 0.2) is 0 Å². The van der Waals surface area contributed by atoms with Crippen LogP contribution >= 0.6 is 0 Å². The summed E-state index contributed by atoms with van der Waals surface area (Å²) in [4.78, 5) is 34.6. The second kappa shape index (κ2) is 7.40. The summed E-state index contributed by atoms with van der Waals surface area (Å²) in [5.74, 6) is -0.248. The third kappa shape index (κ3) is 3.36. The molecule has 31 heavy (non-hydrogen) atoms. The Labute approximate surface area is 179 Å². The molecule has 0 saturated carbocycles. The van der Waals surface area contributed by atoms with Gasteiger partial charge in [0.05, 0.1) is 5.56 Å². The third-order valence-corrected chi connectivity index (χ3v) is 5.97. The van der Waals surface area contributed by atoms with E-state index >= 15 is 0 Å². The molecule has 0 bridgehead atoms. The number of aryl methyl sites for hydroxylation is 2. The van der Waals surface area contributed by atoms with E-state index in [9.17, 15) is 9.59 Å². The predicted molar refractivity (Wildman–Crippen MR) is 122 cm³/mol. The monoisotopic (exact) mass is 410 g/mol. The first-order valence-electron chi connectivity index (χ1n) is 10.3. The van der Waals surface area contributed by atoms with Crippen molar-refractivity contribution in [3.63, 3.8) is 0 Å². The molecule has 0 aliphatic carbocycles. The number of nitrogens with one attached hydrogen (secondary N) is 2. The van der Waals surface area contributed by atoms with Gasteiger partial charge in [0, 0.05) is 41.2 Å². The molecule has 0 spiro atoms. The molecule has 2 amide bonds. The van der Waals surface area contributed by atoms with E-state index in [1.807, 2.05) is 30.3 Å². The van der Waals surface area contributed by atoms with Gasteiger partial charge in [-0.15, -0.1) is 0 Å². The first-order valence-corrected chi connectivity index (χ1v) is 10.3. The molecule has 0 fully saturated rings. The number of anilines is 2. The van der Waals surface area contributed by atoms with Crippen LogP contribution in [-0.2, 0) is 6.42 Å². The number of carbonyl (C=O) groups excluding carboxylic acids is 2. The quantitative estimate of drug-likeness (QED) is 0.517. The molecule has 2 N–H and O–H groups in total. The molecule has 3 heterocycles. The lowest BCUT2D eigenvalue weighted by Crippen LogP contribution is -2.28. The van der Waals surface area contributed by atoms with Gasteiger partial charge in [-0.1, -0.05) is 6.07 Å². The lowest BCUT2D eigenvalue weighted by Gasteiger charge is -2.17. The lowest BCUT2D eigenvalue weighted by atomic mass is 10.1. The summed E-state index contributed by atoms with van der Waals surface area (Å²) in [6, 6.07) is 15.2. The molecule has 1 aliphatic rings. The minimum absolute atomic E-state index is 0.0626. The van der Waals surface area contributed by atoms with Crippen LogP contribution in [0, 0.1) is 13.8 Å². The number of aromatic amines is 1. The van der Waals surface area contributed by atoms with Crippen LogP contribution in [0.25, 0.3) is 10.9 Å². The van der Waals surface area contributed by atoms with E-state index < -0.39 is 0 Å². The second-order valence-electron chi connectivity index (χ2n) is 7.90. The molecule has 1 aliphatic heterocycles. The zero-order chi connectivity index (χ0) is 21.5. The van der Waals surface area contributed by atoms with Crippen molar-refractivity contribution >= 4 is 34.1 Å². The Morgan fingerprint density at radius 1 is 1.10 bits per heavy atom. The molecule has 0 saturated heterocycles. The molecule has 5 rings (SSSR count). The fourth-order valence-electron chi connectivity index (χ4n) is 4.11. The smallest absolute Gasteiger partial charge is 0.272 e. The summed E-state index contributed by atoms with van der Waals surface area (Å²) < 4.78 is 0. The Morgan fingerprint density at radius 3 is 2.77 bits per heavy atom. The van der Waals surface area contributed by atoms with Crippen molar-refractivity contribution in [3.8, 4) is 0 Å². The van der Waals surface area contributed by atoms with Gasteiger partial charge < -0.3 is 15.2 Å². The maximum Gasteiger partial charge on any atom is 0.272 e. The first-order chi connectivity index (χ1) is 15.0. The summed E-state index contributed by atoms with van der Waals surface area (Å²) in [6.45, 7) is 4.74. The Morgan fingerprint density at radius 2 is 1.97 bits per heavy atom. The van der Waals surface area contributed by atoms with Crippen LogP contribution in [0.5, 0.6) is 0 Å². The van der Waals surface area contributed by atoms with Crippen LogP contribution in [0.2, 0.25) is 0 Å². The summed E-state index contributed by atoms with van der Waals surface area (Å²) in [7, 11) is 0. The van der Waals surface area contributed by atoms with E-state index in [-0.39, 0.29) is 11.8 Å². The SMILES string of the molecule is Cc1ccc2[nH]c(C(=O)Nc3ccc4c(c3)CCN4C(=O)c3cccnc3)cc2c1C. The van der Waals surface area contributed by atoms with Crippen LogP contribution in [0.1, 0.15) is 37.5 Å². The number of benzene rings is 2. The summed E-state index contributed by atoms with van der Waals surface area (Å²) in [5.41, 5.74) is 7.04. The molecular formula is C25H22N4O2. The minimum Gasteiger partial charge on any atom is -0.351 e. The van der Waals surface area contributed by atoms with Gasteiger partial charge in [0.25, 0.3) is 11.8 Å². The van der Waals surface area contributed by atoms with Crippen molar-refractivity contribution < 1.29 is 9.59 Å². The minimum atomic E-state index is -0.186. The Hall–Kier alpha value is -3.93. The van der Waals surface area contributed by atoms with Gasteiger partial charge in [0.1, 0.15) is 5.69 Å². The number of hydrogen-bond donors (Lipinski definition) is 2. The van der Waals surface area contributed by atoms with Gasteiger partial charge >= 0.3 is 0 Å². The highest BCUT2D eigenvalue weighted by molar-refractivity contribution is 6.08. The molecule has 2 aromatic carbocycles. The van der Waals surface area contributed by atoms with E-state index in [2.05, 4.69) is 35.2 Å². The molecular weight excluding hydrogens is 388 g/mol. The molecule has 2 aromatic heterocycles. The molecule has 0 atom stereocenters. The molecule has 0 radical (unpaired) electrons. The summed E-state index contributed by atoms with van der Waals surface area (Å²) in [5, 5.41) is 4.03. The zero-order valence-corrected chi connectivity index (χ0v) is 17.4. The predicted octanol–water partition coefficient (Wildman–Crippen LogP) is 4.63. The summed E-state index contributed by atoms with van der Waals surface area (Å²) >= 11 is 0. The van der Waals surface area contributed by atoms with Crippen LogP contribution in [-0.4, -0.2) is 28.3 Å². The average Bonchev–Trinajstić information content (AvgIpc) is 3.41. The van der Waals surface area contributed by atoms with E-state index in [1.54, 1.807) is 29.4 Å². The van der Waals surface area contributed by atoms with Crippen molar-refractivity contribution in [1.29, 1.82) is 0 Å². The number of hydrogen-bond acceptors (Lipinski definition) is 3. The maximum absolute atomic E-state index is 12.8. The number of amides is 2. The fraction of sp³-hybridized carbons (Fsp3) is 0.160. The molecule has 6 heteroatoms. The van der Waals surface area contributed by atoms with Gasteiger partial charge in [-0.25, -0.2) is 0 Å². The number of nitrogens with zero attached hydrogens (tertiary/aromatic N) is 2. The first kappa shape index (κ1) is 19.1. The molecule has 154 valence electrons. The van der Waals surface area contributed by atoms with Crippen LogP contribution in [0.3, 0.4) is 0 Å². The number of fused-ring (bicyclic) bond motifs is 2. The van der Waals surface area contributed by atoms with Gasteiger partial charge in [-0.2, -0.15) is 0 Å². The van der Waals surface area contributed by atoms with Crippen molar-refractivity contribution in [2.24, 2.45) is 0 Å². The number of aromatic nitrogens is 2. The van der Waals surface area contributed by atoms with E-state index in [1.165, 1.54) is 11.1 Å². The largest absolute Gasteiger partial charge is 0.351 e. The van der Waals surface area contributed by atoms with Crippen LogP contribution < -0.4 is 10.2 Å². The maximum atomic E-state index is 12.8. The van der Waals surface area contributed by atoms with Crippen molar-refractivity contribution in [1.82, 2.24) is 9.97 Å². The average molecular weight is 410 g/mol. The van der Waals surface area contributed by atoms with Crippen molar-refractivity contribution in [3.05, 3.63) is 88.9 Å². The highest BCUT2D eigenvalue weighted by atomic mass is 16.2. The second-order valence-corrected chi connectivity index (χ2v) is 7.90. The normalized spacial score (nSPS) is 12.8. The van der Waals surface area contributed by atoms with E-state index in [0.717, 1.165) is 28.6 Å². The van der Waals surface area contributed by atoms with Crippen molar-refractivity contribution in [2.45, 2.75) is 20.3 Å². The van der Waals surface area contributed by atoms with Gasteiger partial charge in [-0.3, -0.25) is 14.6 Å². The van der Waals surface area contributed by atoms with E-state index in [0.29, 0.717) is 23.5 Å². The standard InChI is InChI=1S/C25H22N4O2/c1-15-5-7-21-20(16(15)2)13-22(28-21)24(30)27-19-6-8-23-17(12-19)9-11-29(23)25(31)18-4-3-10-26-14-18/h3-8,10,12-14,28H,9,11H2,1-2H3,(H,27,30). The Kier molecular flexibility index (Phi) is 4.55. The highest BCUT2D eigenvalue weighted by Gasteiger charge is 2.26. The molecule has 6 nitrogen and oxygen atoms in total. The Balaban J connectivity index is 1.37. The number of carbonyl (C=O) groups is 2. The Bertz CT molecular complexity index is 1320. The lowest BCUT2D eigenvalue weighted by molar-refractivity contribution is 0.0987. The van der Waals surface area contributed by atoms with Crippen LogP contribution in [0.15, 0.2) is 60.9 Å². The number of pyridine rings is 1. The van der Waals surface area contributed by atoms with Crippen LogP contribution in [0.4, 0.5) is 11.4 Å². The van der Waals surface area contributed by atoms with Crippen molar-refractivity contribution in [2.75, 3.05) is 16.8 Å². The van der Waals surface area contributed by atoms with Gasteiger partial charge in [0.2, 0.25) is 0 Å². The van der Waals surface area contributed by atoms with Gasteiger partial charge in [-0.05, 0) is 79.4 Å².